The molecule has 1 N–H and O–H groups in total. The highest BCUT2D eigenvalue weighted by Gasteiger charge is 2.05. The number of aliphatic hydroxyl groups excluding tert-OH is 1. The summed E-state index contributed by atoms with van der Waals surface area (Å²) in [7, 11) is 0. The molecule has 1 aromatic heterocycles. The van der Waals surface area contributed by atoms with E-state index < -0.39 is 0 Å². The van der Waals surface area contributed by atoms with Gasteiger partial charge in [-0.1, -0.05) is 11.8 Å². The van der Waals surface area contributed by atoms with Crippen LogP contribution in [0.4, 0.5) is 4.39 Å². The Hall–Kier alpha value is -2.32. The van der Waals surface area contributed by atoms with Crippen LogP contribution in [0.3, 0.4) is 0 Å². The SMILES string of the molecule is CCn1ccn(Cc2cc(F)cc(C#CCCO)c2)c1=O. The highest BCUT2D eigenvalue weighted by molar-refractivity contribution is 5.37. The van der Waals surface area contributed by atoms with Crippen LogP contribution in [0, 0.1) is 17.7 Å². The lowest BCUT2D eigenvalue weighted by Gasteiger charge is -2.04. The van der Waals surface area contributed by atoms with Crippen LogP contribution in [0.1, 0.15) is 24.5 Å². The lowest BCUT2D eigenvalue weighted by atomic mass is 10.1. The Balaban J connectivity index is 2.26. The Morgan fingerprint density at radius 3 is 2.67 bits per heavy atom. The molecule has 0 fully saturated rings. The summed E-state index contributed by atoms with van der Waals surface area (Å²) >= 11 is 0. The maximum atomic E-state index is 13.6. The van der Waals surface area contributed by atoms with Gasteiger partial charge in [0.1, 0.15) is 5.82 Å². The van der Waals surface area contributed by atoms with Gasteiger partial charge in [-0.05, 0) is 30.7 Å². The minimum absolute atomic E-state index is 0.0188. The largest absolute Gasteiger partial charge is 0.395 e. The smallest absolute Gasteiger partial charge is 0.328 e. The number of aryl methyl sites for hydroxylation is 1. The topological polar surface area (TPSA) is 47.2 Å². The highest BCUT2D eigenvalue weighted by Crippen LogP contribution is 2.10. The number of hydrogen-bond acceptors (Lipinski definition) is 2. The molecule has 0 aliphatic heterocycles. The average molecular weight is 288 g/mol. The van der Waals surface area contributed by atoms with E-state index >= 15 is 0 Å². The third kappa shape index (κ3) is 3.83. The third-order valence-corrected chi connectivity index (χ3v) is 3.04. The summed E-state index contributed by atoms with van der Waals surface area (Å²) in [5.74, 6) is 5.17. The number of hydrogen-bond donors (Lipinski definition) is 1. The molecule has 0 radical (unpaired) electrons. The van der Waals surface area contributed by atoms with Gasteiger partial charge in [-0.2, -0.15) is 0 Å². The van der Waals surface area contributed by atoms with E-state index in [1.807, 2.05) is 6.92 Å². The van der Waals surface area contributed by atoms with Crippen LogP contribution in [0.2, 0.25) is 0 Å². The van der Waals surface area contributed by atoms with Gasteiger partial charge in [0.2, 0.25) is 0 Å². The molecule has 2 rings (SSSR count). The van der Waals surface area contributed by atoms with Crippen molar-refractivity contribution in [3.8, 4) is 11.8 Å². The van der Waals surface area contributed by atoms with Crippen LogP contribution < -0.4 is 5.69 Å². The molecule has 1 heterocycles. The van der Waals surface area contributed by atoms with E-state index in [1.54, 1.807) is 23.0 Å². The molecule has 2 aromatic rings. The van der Waals surface area contributed by atoms with Crippen molar-refractivity contribution in [3.05, 3.63) is 58.0 Å². The Kier molecular flexibility index (Phi) is 4.96. The van der Waals surface area contributed by atoms with Crippen molar-refractivity contribution < 1.29 is 9.50 Å². The minimum Gasteiger partial charge on any atom is -0.395 e. The number of aliphatic hydroxyl groups is 1. The summed E-state index contributed by atoms with van der Waals surface area (Å²) in [5, 5.41) is 8.69. The first-order chi connectivity index (χ1) is 10.1. The van der Waals surface area contributed by atoms with Gasteiger partial charge in [0.25, 0.3) is 0 Å². The van der Waals surface area contributed by atoms with E-state index in [9.17, 15) is 9.18 Å². The monoisotopic (exact) mass is 288 g/mol. The molecule has 5 heteroatoms. The van der Waals surface area contributed by atoms with Gasteiger partial charge in [-0.15, -0.1) is 0 Å². The number of halogens is 1. The first-order valence-electron chi connectivity index (χ1n) is 6.78. The van der Waals surface area contributed by atoms with E-state index in [-0.39, 0.29) is 18.1 Å². The molecule has 0 saturated carbocycles. The molecule has 110 valence electrons. The summed E-state index contributed by atoms with van der Waals surface area (Å²) in [4.78, 5) is 12.0. The molecule has 4 nitrogen and oxygen atoms in total. The molecule has 21 heavy (non-hydrogen) atoms. The molecule has 0 atom stereocenters. The van der Waals surface area contributed by atoms with E-state index in [1.165, 1.54) is 16.7 Å². The van der Waals surface area contributed by atoms with Crippen molar-refractivity contribution in [2.75, 3.05) is 6.61 Å². The second-order valence-electron chi connectivity index (χ2n) is 4.62. The maximum absolute atomic E-state index is 13.6. The fourth-order valence-corrected chi connectivity index (χ4v) is 2.05. The molecule has 0 spiro atoms. The summed E-state index contributed by atoms with van der Waals surface area (Å²) in [6.07, 6.45) is 3.75. The van der Waals surface area contributed by atoms with Crippen LogP contribution in [0.15, 0.2) is 35.4 Å². The van der Waals surface area contributed by atoms with E-state index in [0.717, 1.165) is 0 Å². The van der Waals surface area contributed by atoms with Crippen molar-refractivity contribution in [2.24, 2.45) is 0 Å². The molecule has 0 amide bonds. The summed E-state index contributed by atoms with van der Waals surface area (Å²) < 4.78 is 16.7. The average Bonchev–Trinajstić information content (AvgIpc) is 2.79. The van der Waals surface area contributed by atoms with Gasteiger partial charge in [-0.25, -0.2) is 9.18 Å². The highest BCUT2D eigenvalue weighted by atomic mass is 19.1. The first kappa shape index (κ1) is 15.1. The molecule has 0 saturated heterocycles. The predicted molar refractivity (Wildman–Crippen MR) is 78.4 cm³/mol. The normalized spacial score (nSPS) is 10.2. The van der Waals surface area contributed by atoms with Crippen molar-refractivity contribution in [1.82, 2.24) is 9.13 Å². The molecule has 0 bridgehead atoms. The van der Waals surface area contributed by atoms with Crippen LogP contribution >= 0.6 is 0 Å². The predicted octanol–water partition coefficient (Wildman–Crippen LogP) is 1.59. The number of rotatable bonds is 4. The van der Waals surface area contributed by atoms with Gasteiger partial charge >= 0.3 is 5.69 Å². The molecule has 0 unspecified atom stereocenters. The summed E-state index contributed by atoms with van der Waals surface area (Å²) in [5.41, 5.74) is 1.11. The molecular weight excluding hydrogens is 271 g/mol. The number of benzene rings is 1. The fraction of sp³-hybridized carbons (Fsp3) is 0.312. The number of aromatic nitrogens is 2. The first-order valence-corrected chi connectivity index (χ1v) is 6.78. The Bertz CT molecular complexity index is 735. The number of imidazole rings is 1. The quantitative estimate of drug-likeness (QED) is 0.869. The Labute approximate surface area is 122 Å². The lowest BCUT2D eigenvalue weighted by Crippen LogP contribution is -2.23. The minimum atomic E-state index is -0.385. The number of nitrogens with zero attached hydrogens (tertiary/aromatic N) is 2. The molecule has 0 aliphatic carbocycles. The van der Waals surface area contributed by atoms with Gasteiger partial charge in [0.05, 0.1) is 13.2 Å². The van der Waals surface area contributed by atoms with Gasteiger partial charge in [-0.3, -0.25) is 9.13 Å². The van der Waals surface area contributed by atoms with Crippen molar-refractivity contribution >= 4 is 0 Å². The van der Waals surface area contributed by atoms with Crippen LogP contribution in [-0.4, -0.2) is 20.8 Å². The zero-order chi connectivity index (χ0) is 15.2. The molecule has 1 aromatic carbocycles. The summed E-state index contributed by atoms with van der Waals surface area (Å²) in [6.45, 7) is 2.78. The fourth-order valence-electron chi connectivity index (χ4n) is 2.05. The summed E-state index contributed by atoms with van der Waals surface area (Å²) in [6, 6.07) is 4.49. The van der Waals surface area contributed by atoms with Gasteiger partial charge < -0.3 is 5.11 Å². The standard InChI is InChI=1S/C16H17FN2O2/c1-2-18-6-7-19(16(18)21)12-14-9-13(5-3-4-8-20)10-15(17)11-14/h6-7,9-11,20H,2,4,8,12H2,1H3. The van der Waals surface area contributed by atoms with E-state index in [0.29, 0.717) is 30.6 Å². The van der Waals surface area contributed by atoms with Gasteiger partial charge in [0.15, 0.2) is 0 Å². The van der Waals surface area contributed by atoms with Gasteiger partial charge in [0, 0.05) is 30.9 Å². The Morgan fingerprint density at radius 2 is 2.00 bits per heavy atom. The van der Waals surface area contributed by atoms with Crippen LogP contribution in [0.25, 0.3) is 0 Å². The third-order valence-electron chi connectivity index (χ3n) is 3.04. The van der Waals surface area contributed by atoms with Crippen molar-refractivity contribution in [1.29, 1.82) is 0 Å². The van der Waals surface area contributed by atoms with Crippen LogP contribution in [0.5, 0.6) is 0 Å². The van der Waals surface area contributed by atoms with E-state index in [2.05, 4.69) is 11.8 Å². The maximum Gasteiger partial charge on any atom is 0.328 e. The van der Waals surface area contributed by atoms with Crippen molar-refractivity contribution in [2.45, 2.75) is 26.4 Å². The zero-order valence-electron chi connectivity index (χ0n) is 11.8. The molecular formula is C16H17FN2O2. The second-order valence-corrected chi connectivity index (χ2v) is 4.62. The lowest BCUT2D eigenvalue weighted by molar-refractivity contribution is 0.305. The Morgan fingerprint density at radius 1 is 1.24 bits per heavy atom. The second kappa shape index (κ2) is 6.91. The zero-order valence-corrected chi connectivity index (χ0v) is 11.8. The molecule has 0 aliphatic rings. The van der Waals surface area contributed by atoms with E-state index in [4.69, 9.17) is 5.11 Å². The van der Waals surface area contributed by atoms with Crippen molar-refractivity contribution in [3.63, 3.8) is 0 Å². The van der Waals surface area contributed by atoms with Crippen LogP contribution in [-0.2, 0) is 13.1 Å².